The number of azo groups is 1. The van der Waals surface area contributed by atoms with E-state index in [4.69, 9.17) is 11.6 Å². The van der Waals surface area contributed by atoms with Crippen LogP contribution in [0.15, 0.2) is 83.2 Å². The lowest BCUT2D eigenvalue weighted by Gasteiger charge is -2.18. The minimum absolute atomic E-state index is 0.00543. The quantitative estimate of drug-likeness (QED) is 0.0529. The van der Waals surface area contributed by atoms with Crippen molar-refractivity contribution in [3.8, 4) is 17.7 Å². The number of aromatic nitrogens is 7. The predicted molar refractivity (Wildman–Crippen MR) is 189 cm³/mol. The van der Waals surface area contributed by atoms with Crippen molar-refractivity contribution in [3.05, 3.63) is 106 Å². The van der Waals surface area contributed by atoms with Gasteiger partial charge in [0.05, 0.1) is 45.5 Å². The van der Waals surface area contributed by atoms with E-state index < -0.39 is 23.9 Å². The topological polar surface area (TPSA) is 339 Å². The second-order valence-corrected chi connectivity index (χ2v) is 11.2. The number of rotatable bonds is 12. The van der Waals surface area contributed by atoms with Gasteiger partial charge in [0.2, 0.25) is 5.95 Å². The first-order valence-corrected chi connectivity index (χ1v) is 15.4. The lowest BCUT2D eigenvalue weighted by atomic mass is 10.1. The largest absolute Gasteiger partial charge is 0.478 e. The number of carboxylic acid groups (broad SMARTS) is 4. The monoisotopic (exact) mass is 744 g/mol. The number of nitrogens with two attached hydrogens (primary N) is 2. The minimum Gasteiger partial charge on any atom is -0.478 e. The zero-order valence-electron chi connectivity index (χ0n) is 27.9. The summed E-state index contributed by atoms with van der Waals surface area (Å²) < 4.78 is 2.13. The van der Waals surface area contributed by atoms with E-state index in [1.165, 1.54) is 55.5 Å². The molecule has 6 aromatic rings. The van der Waals surface area contributed by atoms with Crippen LogP contribution in [0.1, 0.15) is 52.7 Å². The summed E-state index contributed by atoms with van der Waals surface area (Å²) in [4.78, 5) is 59.3. The van der Waals surface area contributed by atoms with Crippen molar-refractivity contribution in [1.82, 2.24) is 34.5 Å². The summed E-state index contributed by atoms with van der Waals surface area (Å²) >= 11 is 0. The molecule has 0 bridgehead atoms. The maximum Gasteiger partial charge on any atom is 0.335 e. The normalized spacial score (nSPS) is 10.9. The van der Waals surface area contributed by atoms with Gasteiger partial charge in [-0.3, -0.25) is 0 Å². The predicted octanol–water partition coefficient (Wildman–Crippen LogP) is 3.97. The number of aryl methyl sites for hydroxylation is 1. The van der Waals surface area contributed by atoms with Crippen molar-refractivity contribution >= 4 is 64.5 Å². The molecule has 3 heterocycles. The van der Waals surface area contributed by atoms with Crippen molar-refractivity contribution < 1.29 is 39.6 Å². The van der Waals surface area contributed by atoms with E-state index in [0.717, 1.165) is 38.8 Å². The Hall–Kier alpha value is -8.58. The Balaban J connectivity index is 1.42. The Labute approximate surface area is 306 Å². The highest BCUT2D eigenvalue weighted by molar-refractivity contribution is 5.95. The van der Waals surface area contributed by atoms with Gasteiger partial charge >= 0.3 is 23.9 Å². The van der Waals surface area contributed by atoms with Gasteiger partial charge in [-0.15, -0.1) is 10.2 Å². The molecule has 274 valence electrons. The van der Waals surface area contributed by atoms with Crippen LogP contribution in [0.4, 0.5) is 40.6 Å². The zero-order chi connectivity index (χ0) is 39.6. The van der Waals surface area contributed by atoms with Crippen LogP contribution in [0.2, 0.25) is 0 Å². The van der Waals surface area contributed by atoms with Gasteiger partial charge in [0.1, 0.15) is 11.6 Å². The summed E-state index contributed by atoms with van der Waals surface area (Å²) in [5, 5.41) is 68.2. The molecule has 6 rings (SSSR count). The molecule has 55 heavy (non-hydrogen) atoms. The molecule has 0 unspecified atom stereocenters. The van der Waals surface area contributed by atoms with Crippen LogP contribution in [-0.4, -0.2) is 78.8 Å². The second kappa shape index (κ2) is 14.6. The number of hydrazine groups is 1. The number of benzene rings is 3. The van der Waals surface area contributed by atoms with E-state index in [-0.39, 0.29) is 80.1 Å². The minimum atomic E-state index is -1.40. The number of hydrogen-bond donors (Lipinski definition) is 7. The SMILES string of the molecule is Cc1nn(-c2nc(Nc3ccc(C(=O)O)cc3)nc(N(N)c3ccc(C(=O)O)cc3)n2)c(N)c1N=Nc1c(C#N)cnn1-c1cc(C(=O)O)cc(C(=O)O)c1. The first-order chi connectivity index (χ1) is 26.2. The number of nitriles is 1. The van der Waals surface area contributed by atoms with Crippen LogP contribution in [-0.2, 0) is 0 Å². The number of nitrogens with one attached hydrogen (secondary N) is 1. The molecule has 0 radical (unpaired) electrons. The van der Waals surface area contributed by atoms with Gasteiger partial charge in [-0.05, 0) is 73.7 Å². The van der Waals surface area contributed by atoms with E-state index in [9.17, 15) is 44.9 Å². The first kappa shape index (κ1) is 36.2. The Morgan fingerprint density at radius 1 is 0.800 bits per heavy atom. The third-order valence-corrected chi connectivity index (χ3v) is 7.63. The van der Waals surface area contributed by atoms with Crippen molar-refractivity contribution in [3.63, 3.8) is 0 Å². The Bertz CT molecular complexity index is 2560. The van der Waals surface area contributed by atoms with Crippen molar-refractivity contribution in [2.45, 2.75) is 6.92 Å². The maximum atomic E-state index is 11.7. The molecule has 0 aliphatic heterocycles. The van der Waals surface area contributed by atoms with Crippen LogP contribution in [0.3, 0.4) is 0 Å². The highest BCUT2D eigenvalue weighted by Crippen LogP contribution is 2.33. The van der Waals surface area contributed by atoms with Gasteiger partial charge in [-0.25, -0.2) is 34.7 Å². The molecule has 0 fully saturated rings. The Morgan fingerprint density at radius 3 is 1.95 bits per heavy atom. The molecule has 0 aliphatic carbocycles. The van der Waals surface area contributed by atoms with E-state index >= 15 is 0 Å². The summed E-state index contributed by atoms with van der Waals surface area (Å²) in [7, 11) is 0. The van der Waals surface area contributed by atoms with E-state index in [1.807, 2.05) is 6.07 Å². The molecule has 22 heteroatoms. The van der Waals surface area contributed by atoms with Gasteiger partial charge in [0.15, 0.2) is 17.3 Å². The number of nitrogen functional groups attached to an aromatic ring is 1. The second-order valence-electron chi connectivity index (χ2n) is 11.2. The van der Waals surface area contributed by atoms with Gasteiger partial charge < -0.3 is 31.5 Å². The van der Waals surface area contributed by atoms with Gasteiger partial charge in [0.25, 0.3) is 11.9 Å². The molecular formula is C33H24N14O8. The number of aromatic carboxylic acids is 4. The number of hydrogen-bond acceptors (Lipinski definition) is 16. The zero-order valence-corrected chi connectivity index (χ0v) is 27.9. The van der Waals surface area contributed by atoms with Crippen molar-refractivity contribution in [2.24, 2.45) is 16.1 Å². The summed E-state index contributed by atoms with van der Waals surface area (Å²) in [5.74, 6) is 0.483. The molecule has 22 nitrogen and oxygen atoms in total. The number of anilines is 5. The maximum absolute atomic E-state index is 11.7. The van der Waals surface area contributed by atoms with Crippen LogP contribution in [0.5, 0.6) is 0 Å². The number of carbonyl (C=O) groups is 4. The first-order valence-electron chi connectivity index (χ1n) is 15.4. The van der Waals surface area contributed by atoms with Crippen molar-refractivity contribution in [1.29, 1.82) is 5.26 Å². The average molecular weight is 745 g/mol. The molecule has 0 saturated heterocycles. The highest BCUT2D eigenvalue weighted by Gasteiger charge is 2.22. The lowest BCUT2D eigenvalue weighted by molar-refractivity contribution is 0.0680. The Morgan fingerprint density at radius 2 is 1.38 bits per heavy atom. The smallest absolute Gasteiger partial charge is 0.335 e. The standard InChI is InChI=1S/C33H24N14O8/c1-15-24(42-43-26-20(13-34)14-37-46(26)23-11-18(29(52)53)10-19(12-23)30(54)55)25(35)47(44-15)33-40-31(38-21-6-2-16(3-7-21)27(48)49)39-32(41-33)45(36)22-8-4-17(5-9-22)28(50)51/h2-12,14H,35-36H2,1H3,(H,48,49)(H,50,51)(H,52,53)(H,54,55)(H,38,39,40,41). The average Bonchev–Trinajstić information content (AvgIpc) is 3.72. The highest BCUT2D eigenvalue weighted by atomic mass is 16.4. The summed E-state index contributed by atoms with van der Waals surface area (Å²) in [5.41, 5.74) is 6.52. The fourth-order valence-corrected chi connectivity index (χ4v) is 4.91. The molecule has 0 spiro atoms. The number of nitrogens with zero attached hydrogens (tertiary/aromatic N) is 11. The van der Waals surface area contributed by atoms with Crippen molar-refractivity contribution in [2.75, 3.05) is 16.1 Å². The molecule has 3 aromatic carbocycles. The third-order valence-electron chi connectivity index (χ3n) is 7.63. The fraction of sp³-hybridized carbons (Fsp3) is 0.0303. The molecule has 3 aromatic heterocycles. The van der Waals surface area contributed by atoms with E-state index in [1.54, 1.807) is 0 Å². The number of carboxylic acids is 4. The fourth-order valence-electron chi connectivity index (χ4n) is 4.91. The summed E-state index contributed by atoms with van der Waals surface area (Å²) in [6.07, 6.45) is 1.13. The van der Waals surface area contributed by atoms with Crippen LogP contribution in [0, 0.1) is 18.3 Å². The van der Waals surface area contributed by atoms with Crippen LogP contribution in [0.25, 0.3) is 11.6 Å². The summed E-state index contributed by atoms with van der Waals surface area (Å²) in [6.45, 7) is 1.53. The Kier molecular flexibility index (Phi) is 9.60. The third kappa shape index (κ3) is 7.42. The lowest BCUT2D eigenvalue weighted by Crippen LogP contribution is -2.28. The van der Waals surface area contributed by atoms with Crippen LogP contribution >= 0.6 is 0 Å². The molecule has 0 atom stereocenters. The van der Waals surface area contributed by atoms with Gasteiger partial charge in [-0.1, -0.05) is 0 Å². The van der Waals surface area contributed by atoms with Gasteiger partial charge in [0, 0.05) is 5.69 Å². The van der Waals surface area contributed by atoms with Crippen LogP contribution < -0.4 is 21.9 Å². The molecular weight excluding hydrogens is 720 g/mol. The molecule has 9 N–H and O–H groups in total. The molecule has 0 saturated carbocycles. The molecule has 0 aliphatic rings. The molecule has 0 amide bonds. The van der Waals surface area contributed by atoms with E-state index in [0.29, 0.717) is 5.69 Å². The van der Waals surface area contributed by atoms with Gasteiger partial charge in [-0.2, -0.15) is 35.1 Å². The summed E-state index contributed by atoms with van der Waals surface area (Å²) in [6, 6.07) is 16.3. The van der Waals surface area contributed by atoms with E-state index in [2.05, 4.69) is 40.7 Å².